The van der Waals surface area contributed by atoms with Crippen molar-refractivity contribution in [2.45, 2.75) is 20.3 Å². The van der Waals surface area contributed by atoms with Crippen LogP contribution in [0, 0.1) is 12.7 Å². The third kappa shape index (κ3) is 2.33. The third-order valence-electron chi connectivity index (χ3n) is 3.34. The van der Waals surface area contributed by atoms with Crippen molar-refractivity contribution < 1.29 is 4.39 Å². The molecule has 108 valence electrons. The molecule has 3 rings (SSSR count). The standard InChI is InChI=1S/C15H16FN5/c1-4-13-18-15(11-6-5-10(2)9-12(11)16)21(19-13)14-7-8-17-20(14)3/h5-9H,4H2,1-3H3. The van der Waals surface area contributed by atoms with Crippen molar-refractivity contribution in [3.8, 4) is 17.2 Å². The monoisotopic (exact) mass is 285 g/mol. The van der Waals surface area contributed by atoms with Gasteiger partial charge in [0.25, 0.3) is 0 Å². The number of halogens is 1. The highest BCUT2D eigenvalue weighted by atomic mass is 19.1. The van der Waals surface area contributed by atoms with E-state index in [1.54, 1.807) is 21.6 Å². The van der Waals surface area contributed by atoms with E-state index in [-0.39, 0.29) is 5.82 Å². The van der Waals surface area contributed by atoms with Gasteiger partial charge in [-0.1, -0.05) is 13.0 Å². The molecule has 0 radical (unpaired) electrons. The van der Waals surface area contributed by atoms with Crippen molar-refractivity contribution in [3.05, 3.63) is 47.7 Å². The maximum Gasteiger partial charge on any atom is 0.168 e. The minimum Gasteiger partial charge on any atom is -0.251 e. The molecule has 0 amide bonds. The molecule has 0 bridgehead atoms. The molecule has 0 spiro atoms. The van der Waals surface area contributed by atoms with Gasteiger partial charge in [-0.2, -0.15) is 9.78 Å². The van der Waals surface area contributed by atoms with Gasteiger partial charge in [0.1, 0.15) is 5.82 Å². The van der Waals surface area contributed by atoms with E-state index in [9.17, 15) is 4.39 Å². The lowest BCUT2D eigenvalue weighted by molar-refractivity contribution is 0.626. The van der Waals surface area contributed by atoms with Gasteiger partial charge in [0.15, 0.2) is 17.5 Å². The number of aryl methyl sites for hydroxylation is 3. The van der Waals surface area contributed by atoms with Crippen LogP contribution in [0.2, 0.25) is 0 Å². The lowest BCUT2D eigenvalue weighted by Crippen LogP contribution is -2.07. The van der Waals surface area contributed by atoms with Crippen molar-refractivity contribution in [1.29, 1.82) is 0 Å². The summed E-state index contributed by atoms with van der Waals surface area (Å²) >= 11 is 0. The summed E-state index contributed by atoms with van der Waals surface area (Å²) in [5, 5.41) is 8.58. The molecule has 0 atom stereocenters. The first kappa shape index (κ1) is 13.5. The van der Waals surface area contributed by atoms with Gasteiger partial charge in [-0.3, -0.25) is 4.68 Å². The molecular weight excluding hydrogens is 269 g/mol. The molecule has 6 heteroatoms. The van der Waals surface area contributed by atoms with E-state index in [0.717, 1.165) is 11.4 Å². The Kier molecular flexibility index (Phi) is 3.29. The van der Waals surface area contributed by atoms with Crippen LogP contribution in [0.5, 0.6) is 0 Å². The molecule has 1 aromatic carbocycles. The second-order valence-electron chi connectivity index (χ2n) is 4.91. The molecule has 21 heavy (non-hydrogen) atoms. The Morgan fingerprint density at radius 3 is 2.67 bits per heavy atom. The summed E-state index contributed by atoms with van der Waals surface area (Å²) in [6, 6.07) is 6.93. The average molecular weight is 285 g/mol. The predicted molar refractivity (Wildman–Crippen MR) is 77.6 cm³/mol. The lowest BCUT2D eigenvalue weighted by atomic mass is 10.1. The summed E-state index contributed by atoms with van der Waals surface area (Å²) in [5.41, 5.74) is 1.31. The fourth-order valence-corrected chi connectivity index (χ4v) is 2.21. The van der Waals surface area contributed by atoms with Crippen LogP contribution in [0.4, 0.5) is 4.39 Å². The van der Waals surface area contributed by atoms with Gasteiger partial charge in [-0.25, -0.2) is 9.37 Å². The van der Waals surface area contributed by atoms with Gasteiger partial charge in [0.2, 0.25) is 0 Å². The minimum atomic E-state index is -0.298. The zero-order chi connectivity index (χ0) is 15.0. The molecule has 0 saturated heterocycles. The van der Waals surface area contributed by atoms with Crippen LogP contribution in [0.1, 0.15) is 18.3 Å². The van der Waals surface area contributed by atoms with Crippen molar-refractivity contribution in [3.63, 3.8) is 0 Å². The van der Waals surface area contributed by atoms with Crippen molar-refractivity contribution >= 4 is 0 Å². The Hall–Kier alpha value is -2.50. The molecule has 2 heterocycles. The molecule has 5 nitrogen and oxygen atoms in total. The van der Waals surface area contributed by atoms with Gasteiger partial charge < -0.3 is 0 Å². The lowest BCUT2D eigenvalue weighted by Gasteiger charge is -2.07. The molecule has 3 aromatic rings. The van der Waals surface area contributed by atoms with E-state index in [0.29, 0.717) is 23.6 Å². The highest BCUT2D eigenvalue weighted by Gasteiger charge is 2.17. The Bertz CT molecular complexity index is 787. The largest absolute Gasteiger partial charge is 0.251 e. The molecule has 0 aliphatic heterocycles. The van der Waals surface area contributed by atoms with Crippen LogP contribution in [0.3, 0.4) is 0 Å². The van der Waals surface area contributed by atoms with E-state index >= 15 is 0 Å². The fourth-order valence-electron chi connectivity index (χ4n) is 2.21. The second-order valence-corrected chi connectivity index (χ2v) is 4.91. The van der Waals surface area contributed by atoms with E-state index in [4.69, 9.17) is 0 Å². The first-order valence-corrected chi connectivity index (χ1v) is 6.81. The molecular formula is C15H16FN5. The highest BCUT2D eigenvalue weighted by molar-refractivity contribution is 5.58. The molecule has 2 aromatic heterocycles. The van der Waals surface area contributed by atoms with Gasteiger partial charge in [0.05, 0.1) is 11.8 Å². The Labute approximate surface area is 122 Å². The first-order valence-electron chi connectivity index (χ1n) is 6.81. The van der Waals surface area contributed by atoms with Crippen LogP contribution < -0.4 is 0 Å². The van der Waals surface area contributed by atoms with E-state index in [1.165, 1.54) is 6.07 Å². The Morgan fingerprint density at radius 2 is 2.05 bits per heavy atom. The summed E-state index contributed by atoms with van der Waals surface area (Å²) in [4.78, 5) is 4.46. The van der Waals surface area contributed by atoms with Gasteiger partial charge in [-0.15, -0.1) is 5.10 Å². The number of benzene rings is 1. The minimum absolute atomic E-state index is 0.298. The normalized spacial score (nSPS) is 11.0. The van der Waals surface area contributed by atoms with Gasteiger partial charge >= 0.3 is 0 Å². The molecule has 0 aliphatic carbocycles. The van der Waals surface area contributed by atoms with Gasteiger partial charge in [-0.05, 0) is 24.6 Å². The van der Waals surface area contributed by atoms with Crippen LogP contribution >= 0.6 is 0 Å². The SMILES string of the molecule is CCc1nc(-c2ccc(C)cc2F)n(-c2ccnn2C)n1. The van der Waals surface area contributed by atoms with Crippen LogP contribution in [-0.4, -0.2) is 24.5 Å². The predicted octanol–water partition coefficient (Wildman–Crippen LogP) is 2.68. The van der Waals surface area contributed by atoms with Crippen LogP contribution in [0.15, 0.2) is 30.5 Å². The summed E-state index contributed by atoms with van der Waals surface area (Å²) in [5.74, 6) is 1.62. The van der Waals surface area contributed by atoms with Crippen molar-refractivity contribution in [2.75, 3.05) is 0 Å². The molecule has 0 N–H and O–H groups in total. The number of nitrogens with zero attached hydrogens (tertiary/aromatic N) is 5. The summed E-state index contributed by atoms with van der Waals surface area (Å²) in [6.07, 6.45) is 2.36. The molecule has 0 unspecified atom stereocenters. The van der Waals surface area contributed by atoms with E-state index < -0.39 is 0 Å². The molecule has 0 saturated carbocycles. The molecule has 0 aliphatic rings. The maximum atomic E-state index is 14.3. The summed E-state index contributed by atoms with van der Waals surface area (Å²) < 4.78 is 17.6. The first-order chi connectivity index (χ1) is 10.1. The zero-order valence-electron chi connectivity index (χ0n) is 12.2. The second kappa shape index (κ2) is 5.12. The molecule has 0 fully saturated rings. The van der Waals surface area contributed by atoms with E-state index in [2.05, 4.69) is 15.2 Å². The van der Waals surface area contributed by atoms with E-state index in [1.807, 2.05) is 33.0 Å². The smallest absolute Gasteiger partial charge is 0.168 e. The number of rotatable bonds is 3. The Morgan fingerprint density at radius 1 is 1.24 bits per heavy atom. The van der Waals surface area contributed by atoms with Gasteiger partial charge in [0, 0.05) is 19.5 Å². The van der Waals surface area contributed by atoms with Crippen molar-refractivity contribution in [2.24, 2.45) is 7.05 Å². The summed E-state index contributed by atoms with van der Waals surface area (Å²) in [6.45, 7) is 3.83. The number of hydrogen-bond donors (Lipinski definition) is 0. The number of aromatic nitrogens is 5. The highest BCUT2D eigenvalue weighted by Crippen LogP contribution is 2.24. The number of hydrogen-bond acceptors (Lipinski definition) is 3. The Balaban J connectivity index is 2.22. The zero-order valence-corrected chi connectivity index (χ0v) is 12.2. The summed E-state index contributed by atoms with van der Waals surface area (Å²) in [7, 11) is 1.82. The van der Waals surface area contributed by atoms with Crippen molar-refractivity contribution in [1.82, 2.24) is 24.5 Å². The topological polar surface area (TPSA) is 48.5 Å². The third-order valence-corrected chi connectivity index (χ3v) is 3.34. The maximum absolute atomic E-state index is 14.3. The van der Waals surface area contributed by atoms with Crippen LogP contribution in [0.25, 0.3) is 17.2 Å². The fraction of sp³-hybridized carbons (Fsp3) is 0.267. The average Bonchev–Trinajstić information content (AvgIpc) is 3.04. The van der Waals surface area contributed by atoms with Crippen LogP contribution in [-0.2, 0) is 13.5 Å². The quantitative estimate of drug-likeness (QED) is 0.743.